The first kappa shape index (κ1) is 17.2. The molecule has 5 heterocycles. The molecule has 1 aromatic carbocycles. The van der Waals surface area contributed by atoms with Crippen LogP contribution in [0, 0.1) is 0 Å². The van der Waals surface area contributed by atoms with Gasteiger partial charge in [-0.05, 0) is 16.0 Å². The summed E-state index contributed by atoms with van der Waals surface area (Å²) in [4.78, 5) is 6.49. The molecule has 0 atom stereocenters. The smallest absolute Gasteiger partial charge is 0.184 e. The van der Waals surface area contributed by atoms with Gasteiger partial charge in [0.05, 0.1) is 0 Å². The van der Waals surface area contributed by atoms with Crippen LogP contribution >= 0.6 is 22.7 Å². The van der Waals surface area contributed by atoms with E-state index in [9.17, 15) is 0 Å². The zero-order valence-corrected chi connectivity index (χ0v) is 16.6. The predicted molar refractivity (Wildman–Crippen MR) is 118 cm³/mol. The normalized spacial score (nSPS) is 11.7. The van der Waals surface area contributed by atoms with Crippen LogP contribution in [0.3, 0.4) is 0 Å². The van der Waals surface area contributed by atoms with Gasteiger partial charge in [-0.1, -0.05) is 30.3 Å². The van der Waals surface area contributed by atoms with Crippen molar-refractivity contribution in [2.75, 3.05) is 10.9 Å². The predicted octanol–water partition coefficient (Wildman–Crippen LogP) is 2.43. The highest BCUT2D eigenvalue weighted by Crippen LogP contribution is 2.47. The molecular weight excluding hydrogens is 422 g/mol. The zero-order valence-electron chi connectivity index (χ0n) is 15.0. The molecule has 6 rings (SSSR count). The maximum absolute atomic E-state index is 5.64. The first-order valence-corrected chi connectivity index (χ1v) is 10.3. The van der Waals surface area contributed by atoms with E-state index in [4.69, 9.17) is 16.7 Å². The molecule has 146 valence electrons. The summed E-state index contributed by atoms with van der Waals surface area (Å²) in [5.41, 5.74) is 8.46. The molecule has 30 heavy (non-hydrogen) atoms. The second-order valence-corrected chi connectivity index (χ2v) is 8.34. The first-order valence-electron chi connectivity index (χ1n) is 8.70. The Labute approximate surface area is 175 Å². The van der Waals surface area contributed by atoms with Crippen molar-refractivity contribution in [1.29, 1.82) is 0 Å². The van der Waals surface area contributed by atoms with Gasteiger partial charge in [0.15, 0.2) is 11.6 Å². The molecule has 0 aliphatic carbocycles. The fraction of sp³-hybridized carbons (Fsp3) is 0. The third-order valence-electron chi connectivity index (χ3n) is 4.78. The second-order valence-electron chi connectivity index (χ2n) is 6.34. The largest absolute Gasteiger partial charge is 0.306 e. The third kappa shape index (κ3) is 2.28. The molecule has 0 saturated carbocycles. The van der Waals surface area contributed by atoms with E-state index in [0.717, 1.165) is 41.0 Å². The lowest BCUT2D eigenvalue weighted by atomic mass is 9.99. The Balaban J connectivity index is 1.90. The Morgan fingerprint density at radius 3 is 1.73 bits per heavy atom. The van der Waals surface area contributed by atoms with Gasteiger partial charge in [-0.25, -0.2) is 16.7 Å². The van der Waals surface area contributed by atoms with Crippen LogP contribution in [0.25, 0.3) is 52.0 Å². The number of aromatic nitrogens is 7. The minimum absolute atomic E-state index is 0.453. The zero-order chi connectivity index (χ0) is 20.2. The summed E-state index contributed by atoms with van der Waals surface area (Å²) in [7, 11) is 0. The fourth-order valence-corrected chi connectivity index (χ4v) is 5.75. The maximum Gasteiger partial charge on any atom is 0.184 e. The average molecular weight is 433 g/mol. The van der Waals surface area contributed by atoms with Gasteiger partial charge in [-0.15, -0.1) is 43.1 Å². The number of hydrogen-bond acceptors (Lipinski definition) is 13. The highest BCUT2D eigenvalue weighted by atomic mass is 32.1. The topological polar surface area (TPSA) is 166 Å². The van der Waals surface area contributed by atoms with Crippen molar-refractivity contribution in [1.82, 2.24) is 35.8 Å². The van der Waals surface area contributed by atoms with E-state index in [-0.39, 0.29) is 0 Å². The maximum atomic E-state index is 5.64. The molecule has 0 amide bonds. The molecule has 13 heteroatoms. The number of anilines is 2. The Morgan fingerprint density at radius 1 is 0.700 bits per heavy atom. The minimum atomic E-state index is 0.453. The summed E-state index contributed by atoms with van der Waals surface area (Å²) in [5, 5.41) is 26.1. The first-order chi connectivity index (χ1) is 14.8. The van der Waals surface area contributed by atoms with Gasteiger partial charge in [0.25, 0.3) is 0 Å². The monoisotopic (exact) mass is 433 g/mol. The van der Waals surface area contributed by atoms with Gasteiger partial charge < -0.3 is 10.9 Å². The number of fused-ring (bicyclic) bond motifs is 6. The number of nitrogens with two attached hydrogens (primary N) is 2. The summed E-state index contributed by atoms with van der Waals surface area (Å²) in [6, 6.07) is 10.0. The molecular formula is C17H11N11S2. The lowest BCUT2D eigenvalue weighted by Gasteiger charge is -2.06. The van der Waals surface area contributed by atoms with Crippen molar-refractivity contribution in [3.8, 4) is 11.1 Å². The Bertz CT molecular complexity index is 1480. The second kappa shape index (κ2) is 6.43. The van der Waals surface area contributed by atoms with Crippen molar-refractivity contribution in [2.45, 2.75) is 0 Å². The van der Waals surface area contributed by atoms with Crippen LogP contribution in [0.5, 0.6) is 0 Å². The van der Waals surface area contributed by atoms with Crippen molar-refractivity contribution >= 4 is 75.2 Å². The number of nitrogens with one attached hydrogen (secondary N) is 2. The molecule has 0 aliphatic rings. The molecule has 0 aliphatic heterocycles. The van der Waals surface area contributed by atoms with Crippen LogP contribution in [-0.4, -0.2) is 35.8 Å². The summed E-state index contributed by atoms with van der Waals surface area (Å²) in [6.45, 7) is 0. The fourth-order valence-electron chi connectivity index (χ4n) is 3.56. The van der Waals surface area contributed by atoms with Crippen molar-refractivity contribution < 1.29 is 0 Å². The Kier molecular flexibility index (Phi) is 3.69. The molecule has 0 saturated heterocycles. The summed E-state index contributed by atoms with van der Waals surface area (Å²) in [6.07, 6.45) is 0. The van der Waals surface area contributed by atoms with E-state index < -0.39 is 0 Å². The van der Waals surface area contributed by atoms with E-state index >= 15 is 0 Å². The van der Waals surface area contributed by atoms with Crippen molar-refractivity contribution in [3.63, 3.8) is 0 Å². The molecule has 0 bridgehead atoms. The molecule has 0 fully saturated rings. The van der Waals surface area contributed by atoms with E-state index in [1.165, 1.54) is 22.7 Å². The van der Waals surface area contributed by atoms with Gasteiger partial charge in [-0.3, -0.25) is 0 Å². The summed E-state index contributed by atoms with van der Waals surface area (Å²) >= 11 is 2.90. The van der Waals surface area contributed by atoms with Gasteiger partial charge in [0, 0.05) is 16.3 Å². The number of hydrazine groups is 2. The van der Waals surface area contributed by atoms with Gasteiger partial charge >= 0.3 is 0 Å². The lowest BCUT2D eigenvalue weighted by Crippen LogP contribution is -2.09. The highest BCUT2D eigenvalue weighted by Gasteiger charge is 2.24. The van der Waals surface area contributed by atoms with E-state index in [1.807, 2.05) is 30.3 Å². The molecule has 0 spiro atoms. The Morgan fingerprint density at radius 2 is 1.23 bits per heavy atom. The van der Waals surface area contributed by atoms with Crippen LogP contribution < -0.4 is 22.5 Å². The molecule has 0 unspecified atom stereocenters. The van der Waals surface area contributed by atoms with E-state index in [0.29, 0.717) is 22.7 Å². The molecule has 11 nitrogen and oxygen atoms in total. The summed E-state index contributed by atoms with van der Waals surface area (Å²) in [5.74, 6) is 12.2. The number of benzene rings is 1. The van der Waals surface area contributed by atoms with E-state index in [2.05, 4.69) is 41.7 Å². The van der Waals surface area contributed by atoms with Crippen molar-refractivity contribution in [2.24, 2.45) is 11.7 Å². The van der Waals surface area contributed by atoms with Crippen LogP contribution in [0.1, 0.15) is 0 Å². The standard InChI is InChI=1S/C17H11N11S2/c18-21-14-12-10(23-27-25-14)8-7(6-4-2-1-3-5-6)9-11-13(15(22-19)26-28-24-11)30-17(9)20-16(8)29-12/h1-5H,18-19H2,(H,21,23,25)(H,22,24,26). The van der Waals surface area contributed by atoms with Gasteiger partial charge in [0.1, 0.15) is 30.1 Å². The number of nitrogens with zero attached hydrogens (tertiary/aromatic N) is 7. The van der Waals surface area contributed by atoms with Gasteiger partial charge in [-0.2, -0.15) is 0 Å². The highest BCUT2D eigenvalue weighted by molar-refractivity contribution is 7.28. The van der Waals surface area contributed by atoms with Crippen LogP contribution in [0.4, 0.5) is 11.6 Å². The summed E-state index contributed by atoms with van der Waals surface area (Å²) < 4.78 is 1.57. The molecule has 6 N–H and O–H groups in total. The average Bonchev–Trinajstić information content (AvgIpc) is 3.35. The number of nitrogen functional groups attached to an aromatic ring is 2. The van der Waals surface area contributed by atoms with Crippen LogP contribution in [0.15, 0.2) is 30.3 Å². The minimum Gasteiger partial charge on any atom is -0.306 e. The van der Waals surface area contributed by atoms with Gasteiger partial charge in [0.2, 0.25) is 0 Å². The van der Waals surface area contributed by atoms with Crippen LogP contribution in [-0.2, 0) is 0 Å². The Hall–Kier alpha value is -3.65. The van der Waals surface area contributed by atoms with Crippen molar-refractivity contribution in [3.05, 3.63) is 30.3 Å². The number of pyridine rings is 1. The van der Waals surface area contributed by atoms with E-state index in [1.54, 1.807) is 0 Å². The lowest BCUT2D eigenvalue weighted by molar-refractivity contribution is 0.898. The molecule has 6 aromatic rings. The number of hydrogen-bond donors (Lipinski definition) is 4. The third-order valence-corrected chi connectivity index (χ3v) is 6.94. The number of rotatable bonds is 3. The molecule has 0 radical (unpaired) electrons. The SMILES string of the molecule is NNc1nnnc2c1sc1nc3sc4c(NN)nnnc4c3c(-c3ccccc3)c12. The quantitative estimate of drug-likeness (QED) is 0.239. The van der Waals surface area contributed by atoms with Crippen LogP contribution in [0.2, 0.25) is 0 Å². The molecule has 5 aromatic heterocycles. The number of thiophene rings is 2.